The molecule has 0 saturated carbocycles. The van der Waals surface area contributed by atoms with Crippen molar-refractivity contribution in [2.24, 2.45) is 11.7 Å². The smallest absolute Gasteiger partial charge is 0.328 e. The summed E-state index contributed by atoms with van der Waals surface area (Å²) in [4.78, 5) is 23.8. The Balaban J connectivity index is 2.79. The largest absolute Gasteiger partial charge is 0.508 e. The van der Waals surface area contributed by atoms with E-state index in [2.05, 4.69) is 5.32 Å². The Morgan fingerprint density at radius 1 is 1.29 bits per heavy atom. The van der Waals surface area contributed by atoms with E-state index in [1.165, 1.54) is 19.2 Å². The van der Waals surface area contributed by atoms with Crippen molar-refractivity contribution in [3.8, 4) is 5.75 Å². The topological polar surface area (TPSA) is 102 Å². The van der Waals surface area contributed by atoms with Crippen LogP contribution in [0.4, 0.5) is 0 Å². The summed E-state index contributed by atoms with van der Waals surface area (Å²) in [7, 11) is 1.26. The first-order valence-corrected chi connectivity index (χ1v) is 6.76. The van der Waals surface area contributed by atoms with E-state index < -0.39 is 18.1 Å². The number of aromatic hydroxyl groups is 1. The highest BCUT2D eigenvalue weighted by molar-refractivity contribution is 5.87. The van der Waals surface area contributed by atoms with Gasteiger partial charge >= 0.3 is 5.97 Å². The van der Waals surface area contributed by atoms with Gasteiger partial charge in [-0.05, 0) is 23.6 Å². The van der Waals surface area contributed by atoms with Crippen molar-refractivity contribution in [1.29, 1.82) is 0 Å². The standard InChI is InChI=1S/C15H22N2O4/c1-9(2)13(16)14(19)17-12(15(20)21-3)8-10-4-6-11(18)7-5-10/h4-7,9,12-13,18H,8,16H2,1-3H3,(H,17,19). The lowest BCUT2D eigenvalue weighted by atomic mass is 10.0. The van der Waals surface area contributed by atoms with Crippen molar-refractivity contribution in [3.05, 3.63) is 29.8 Å². The van der Waals surface area contributed by atoms with Gasteiger partial charge in [-0.1, -0.05) is 26.0 Å². The molecule has 1 rings (SSSR count). The van der Waals surface area contributed by atoms with Crippen LogP contribution >= 0.6 is 0 Å². The number of hydrogen-bond donors (Lipinski definition) is 3. The van der Waals surface area contributed by atoms with Crippen LogP contribution in [0.15, 0.2) is 24.3 Å². The molecule has 0 fully saturated rings. The summed E-state index contributed by atoms with van der Waals surface area (Å²) in [6.45, 7) is 3.66. The van der Waals surface area contributed by atoms with Gasteiger partial charge in [0.15, 0.2) is 0 Å². The number of phenols is 1. The highest BCUT2D eigenvalue weighted by atomic mass is 16.5. The van der Waals surface area contributed by atoms with Crippen LogP contribution in [0.5, 0.6) is 5.75 Å². The number of ether oxygens (including phenoxy) is 1. The fourth-order valence-corrected chi connectivity index (χ4v) is 1.77. The van der Waals surface area contributed by atoms with Crippen LogP contribution in [0.3, 0.4) is 0 Å². The third-order valence-electron chi connectivity index (χ3n) is 3.20. The van der Waals surface area contributed by atoms with Gasteiger partial charge in [0, 0.05) is 6.42 Å². The lowest BCUT2D eigenvalue weighted by Crippen LogP contribution is -2.51. The third-order valence-corrected chi connectivity index (χ3v) is 3.20. The summed E-state index contributed by atoms with van der Waals surface area (Å²) in [5.41, 5.74) is 6.56. The normalized spacial score (nSPS) is 13.6. The molecule has 0 spiro atoms. The highest BCUT2D eigenvalue weighted by Gasteiger charge is 2.25. The van der Waals surface area contributed by atoms with E-state index in [1.54, 1.807) is 12.1 Å². The Morgan fingerprint density at radius 2 is 1.86 bits per heavy atom. The average molecular weight is 294 g/mol. The molecule has 6 heteroatoms. The van der Waals surface area contributed by atoms with Gasteiger partial charge in [0.25, 0.3) is 0 Å². The minimum Gasteiger partial charge on any atom is -0.508 e. The van der Waals surface area contributed by atoms with Gasteiger partial charge in [-0.2, -0.15) is 0 Å². The fraction of sp³-hybridized carbons (Fsp3) is 0.467. The van der Waals surface area contributed by atoms with Gasteiger partial charge in [0.05, 0.1) is 13.2 Å². The fourth-order valence-electron chi connectivity index (χ4n) is 1.77. The molecule has 4 N–H and O–H groups in total. The Hall–Kier alpha value is -2.08. The first kappa shape index (κ1) is 17.0. The van der Waals surface area contributed by atoms with Crippen molar-refractivity contribution < 1.29 is 19.4 Å². The van der Waals surface area contributed by atoms with Crippen LogP contribution in [0, 0.1) is 5.92 Å². The summed E-state index contributed by atoms with van der Waals surface area (Å²) in [5.74, 6) is -0.817. The SMILES string of the molecule is COC(=O)C(Cc1ccc(O)cc1)NC(=O)C(N)C(C)C. The molecular weight excluding hydrogens is 272 g/mol. The second kappa shape index (κ2) is 7.64. The maximum Gasteiger partial charge on any atom is 0.328 e. The number of carbonyl (C=O) groups is 2. The molecule has 0 aliphatic carbocycles. The van der Waals surface area contributed by atoms with Gasteiger partial charge in [-0.3, -0.25) is 4.79 Å². The minimum atomic E-state index is -0.808. The first-order valence-electron chi connectivity index (χ1n) is 6.76. The molecule has 21 heavy (non-hydrogen) atoms. The molecule has 6 nitrogen and oxygen atoms in total. The summed E-state index contributed by atoms with van der Waals surface area (Å²) < 4.78 is 4.71. The second-order valence-electron chi connectivity index (χ2n) is 5.22. The number of phenolic OH excluding ortho intramolecular Hbond substituents is 1. The molecule has 1 amide bonds. The molecule has 0 aliphatic rings. The Kier molecular flexibility index (Phi) is 6.17. The minimum absolute atomic E-state index is 0.0306. The number of nitrogens with two attached hydrogens (primary N) is 1. The van der Waals surface area contributed by atoms with Gasteiger partial charge in [-0.15, -0.1) is 0 Å². The molecule has 2 atom stereocenters. The summed E-state index contributed by atoms with van der Waals surface area (Å²) in [5, 5.41) is 11.9. The number of carbonyl (C=O) groups excluding carboxylic acids is 2. The highest BCUT2D eigenvalue weighted by Crippen LogP contribution is 2.12. The molecule has 0 aromatic heterocycles. The number of hydrogen-bond acceptors (Lipinski definition) is 5. The molecular formula is C15H22N2O4. The third kappa shape index (κ3) is 5.07. The van der Waals surface area contributed by atoms with E-state index in [9.17, 15) is 14.7 Å². The van der Waals surface area contributed by atoms with Crippen LogP contribution in [0.2, 0.25) is 0 Å². The Labute approximate surface area is 124 Å². The maximum atomic E-state index is 12.0. The van der Waals surface area contributed by atoms with E-state index >= 15 is 0 Å². The van der Waals surface area contributed by atoms with Crippen LogP contribution in [-0.2, 0) is 20.7 Å². The maximum absolute atomic E-state index is 12.0. The van der Waals surface area contributed by atoms with Crippen LogP contribution in [0.1, 0.15) is 19.4 Å². The number of rotatable bonds is 6. The number of esters is 1. The molecule has 0 bridgehead atoms. The molecule has 116 valence electrons. The summed E-state index contributed by atoms with van der Waals surface area (Å²) in [6.07, 6.45) is 0.267. The summed E-state index contributed by atoms with van der Waals surface area (Å²) in [6, 6.07) is 4.91. The quantitative estimate of drug-likeness (QED) is 0.666. The van der Waals surface area contributed by atoms with Crippen molar-refractivity contribution in [1.82, 2.24) is 5.32 Å². The van der Waals surface area contributed by atoms with Gasteiger partial charge < -0.3 is 20.9 Å². The number of amides is 1. The van der Waals surface area contributed by atoms with Crippen molar-refractivity contribution >= 4 is 11.9 Å². The van der Waals surface area contributed by atoms with Crippen molar-refractivity contribution in [3.63, 3.8) is 0 Å². The van der Waals surface area contributed by atoms with Crippen LogP contribution in [-0.4, -0.2) is 36.2 Å². The van der Waals surface area contributed by atoms with E-state index in [1.807, 2.05) is 13.8 Å². The number of methoxy groups -OCH3 is 1. The second-order valence-corrected chi connectivity index (χ2v) is 5.22. The number of nitrogens with one attached hydrogen (secondary N) is 1. The van der Waals surface area contributed by atoms with Crippen LogP contribution < -0.4 is 11.1 Å². The molecule has 0 heterocycles. The zero-order valence-corrected chi connectivity index (χ0v) is 12.5. The lowest BCUT2D eigenvalue weighted by Gasteiger charge is -2.21. The molecule has 0 radical (unpaired) electrons. The zero-order valence-electron chi connectivity index (χ0n) is 12.5. The molecule has 0 aliphatic heterocycles. The predicted octanol–water partition coefficient (Wildman–Crippen LogP) is 0.576. The average Bonchev–Trinajstić information content (AvgIpc) is 2.46. The summed E-state index contributed by atoms with van der Waals surface area (Å²) >= 11 is 0. The molecule has 1 aromatic rings. The van der Waals surface area contributed by atoms with Gasteiger partial charge in [-0.25, -0.2) is 4.79 Å². The van der Waals surface area contributed by atoms with E-state index in [0.29, 0.717) is 0 Å². The Morgan fingerprint density at radius 3 is 2.33 bits per heavy atom. The van der Waals surface area contributed by atoms with Crippen molar-refractivity contribution in [2.75, 3.05) is 7.11 Å². The number of benzene rings is 1. The van der Waals surface area contributed by atoms with Gasteiger partial charge in [0.2, 0.25) is 5.91 Å². The molecule has 0 saturated heterocycles. The monoisotopic (exact) mass is 294 g/mol. The van der Waals surface area contributed by atoms with E-state index in [-0.39, 0.29) is 24.0 Å². The van der Waals surface area contributed by atoms with E-state index in [4.69, 9.17) is 10.5 Å². The zero-order chi connectivity index (χ0) is 16.0. The van der Waals surface area contributed by atoms with Gasteiger partial charge in [0.1, 0.15) is 11.8 Å². The lowest BCUT2D eigenvalue weighted by molar-refractivity contribution is -0.145. The molecule has 1 aromatic carbocycles. The van der Waals surface area contributed by atoms with E-state index in [0.717, 1.165) is 5.56 Å². The van der Waals surface area contributed by atoms with Crippen molar-refractivity contribution in [2.45, 2.75) is 32.4 Å². The predicted molar refractivity (Wildman–Crippen MR) is 78.6 cm³/mol. The molecule has 2 unspecified atom stereocenters. The van der Waals surface area contributed by atoms with Crippen LogP contribution in [0.25, 0.3) is 0 Å². The first-order chi connectivity index (χ1) is 9.85. The Bertz CT molecular complexity index is 485.